The second kappa shape index (κ2) is 7.21. The van der Waals surface area contributed by atoms with Gasteiger partial charge < -0.3 is 14.6 Å². The molecule has 0 aliphatic carbocycles. The molecule has 0 bridgehead atoms. The average molecular weight is 414 g/mol. The van der Waals surface area contributed by atoms with E-state index in [1.807, 2.05) is 0 Å². The molecule has 8 nitrogen and oxygen atoms in total. The first-order valence-corrected chi connectivity index (χ1v) is 8.88. The summed E-state index contributed by atoms with van der Waals surface area (Å²) in [5.74, 6) is -1.92. The number of nitrogens with zero attached hydrogens (tertiary/aromatic N) is 3. The average Bonchev–Trinajstić information content (AvgIpc) is 3.29. The molecule has 3 aromatic rings. The van der Waals surface area contributed by atoms with Gasteiger partial charge in [0.05, 0.1) is 7.11 Å². The van der Waals surface area contributed by atoms with E-state index in [0.717, 1.165) is 17.0 Å². The molecule has 1 atom stereocenters. The first-order valence-electron chi connectivity index (χ1n) is 8.88. The van der Waals surface area contributed by atoms with Gasteiger partial charge in [-0.05, 0) is 36.8 Å². The van der Waals surface area contributed by atoms with Crippen molar-refractivity contribution in [1.29, 1.82) is 0 Å². The zero-order valence-electron chi connectivity index (χ0n) is 16.0. The van der Waals surface area contributed by atoms with E-state index in [-0.39, 0.29) is 23.8 Å². The minimum atomic E-state index is -1.55. The number of imide groups is 1. The molecule has 154 valence electrons. The summed E-state index contributed by atoms with van der Waals surface area (Å²) < 4.78 is 37.2. The fraction of sp³-hybridized carbons (Fsp3) is 0.200. The zero-order chi connectivity index (χ0) is 21.5. The van der Waals surface area contributed by atoms with Crippen molar-refractivity contribution in [3.05, 3.63) is 65.6 Å². The first kappa shape index (κ1) is 19.5. The number of halogens is 2. The van der Waals surface area contributed by atoms with Crippen LogP contribution in [0.1, 0.15) is 18.4 Å². The van der Waals surface area contributed by atoms with Gasteiger partial charge in [0.2, 0.25) is 11.7 Å². The lowest BCUT2D eigenvalue weighted by molar-refractivity contribution is -0.131. The lowest BCUT2D eigenvalue weighted by Gasteiger charge is -2.22. The molecule has 1 aromatic heterocycles. The van der Waals surface area contributed by atoms with Crippen LogP contribution in [0.2, 0.25) is 0 Å². The number of carbonyl (C=O) groups excluding carboxylic acids is 2. The van der Waals surface area contributed by atoms with Gasteiger partial charge in [0.25, 0.3) is 5.91 Å². The van der Waals surface area contributed by atoms with Crippen LogP contribution in [0.25, 0.3) is 11.4 Å². The highest BCUT2D eigenvalue weighted by molar-refractivity contribution is 6.07. The molecule has 0 radical (unpaired) electrons. The van der Waals surface area contributed by atoms with E-state index in [1.165, 1.54) is 20.1 Å². The number of urea groups is 1. The molecule has 1 aliphatic heterocycles. The summed E-state index contributed by atoms with van der Waals surface area (Å²) in [7, 11) is 1.53. The molecule has 10 heteroatoms. The number of carbonyl (C=O) groups is 2. The Labute approximate surface area is 169 Å². The second-order valence-corrected chi connectivity index (χ2v) is 6.82. The third-order valence-corrected chi connectivity index (χ3v) is 4.86. The van der Waals surface area contributed by atoms with E-state index in [1.54, 1.807) is 24.3 Å². The molecule has 30 heavy (non-hydrogen) atoms. The normalized spacial score (nSPS) is 18.6. The Bertz CT molecular complexity index is 1150. The maximum absolute atomic E-state index is 13.6. The third kappa shape index (κ3) is 3.25. The molecule has 4 rings (SSSR count). The molecular weight excluding hydrogens is 398 g/mol. The van der Waals surface area contributed by atoms with Crippen LogP contribution in [0, 0.1) is 11.6 Å². The number of amides is 3. The van der Waals surface area contributed by atoms with Gasteiger partial charge in [0.1, 0.15) is 17.8 Å². The van der Waals surface area contributed by atoms with Crippen LogP contribution in [-0.4, -0.2) is 34.1 Å². The molecule has 1 N–H and O–H groups in total. The highest BCUT2D eigenvalue weighted by Gasteiger charge is 2.49. The topological polar surface area (TPSA) is 97.6 Å². The SMILES string of the molecule is COc1cccc(-c2noc(CN3C(=O)N[C@](C)(c4ccc(F)c(F)c4)C3=O)n2)c1. The second-order valence-electron chi connectivity index (χ2n) is 6.82. The molecule has 2 aromatic carbocycles. The molecule has 3 amide bonds. The van der Waals surface area contributed by atoms with Crippen molar-refractivity contribution >= 4 is 11.9 Å². The Balaban J connectivity index is 1.57. The Morgan fingerprint density at radius 1 is 1.17 bits per heavy atom. The van der Waals surface area contributed by atoms with E-state index < -0.39 is 29.1 Å². The van der Waals surface area contributed by atoms with Gasteiger partial charge in [-0.3, -0.25) is 9.69 Å². The van der Waals surface area contributed by atoms with Gasteiger partial charge >= 0.3 is 6.03 Å². The van der Waals surface area contributed by atoms with Gasteiger partial charge in [-0.25, -0.2) is 13.6 Å². The maximum atomic E-state index is 13.6. The zero-order valence-corrected chi connectivity index (χ0v) is 16.0. The summed E-state index contributed by atoms with van der Waals surface area (Å²) in [5, 5.41) is 6.38. The van der Waals surface area contributed by atoms with Crippen molar-refractivity contribution in [2.24, 2.45) is 0 Å². The van der Waals surface area contributed by atoms with Crippen molar-refractivity contribution in [2.45, 2.75) is 19.0 Å². The molecule has 0 saturated carbocycles. The number of hydrogen-bond acceptors (Lipinski definition) is 6. The number of rotatable bonds is 5. The van der Waals surface area contributed by atoms with Gasteiger partial charge in [0, 0.05) is 5.56 Å². The third-order valence-electron chi connectivity index (χ3n) is 4.86. The number of nitrogens with one attached hydrogen (secondary N) is 1. The van der Waals surface area contributed by atoms with Crippen molar-refractivity contribution in [1.82, 2.24) is 20.4 Å². The summed E-state index contributed by atoms with van der Waals surface area (Å²) in [6.45, 7) is 1.14. The Hall–Kier alpha value is -3.82. The first-order chi connectivity index (χ1) is 14.3. The van der Waals surface area contributed by atoms with E-state index in [4.69, 9.17) is 9.26 Å². The van der Waals surface area contributed by atoms with E-state index in [0.29, 0.717) is 11.3 Å². The Morgan fingerprint density at radius 3 is 2.70 bits per heavy atom. The quantitative estimate of drug-likeness (QED) is 0.645. The van der Waals surface area contributed by atoms with Crippen LogP contribution in [0.5, 0.6) is 5.75 Å². The Morgan fingerprint density at radius 2 is 1.97 bits per heavy atom. The van der Waals surface area contributed by atoms with Crippen LogP contribution in [0.4, 0.5) is 13.6 Å². The minimum Gasteiger partial charge on any atom is -0.497 e. The summed E-state index contributed by atoms with van der Waals surface area (Å²) in [5.41, 5.74) is -0.806. The van der Waals surface area contributed by atoms with E-state index in [9.17, 15) is 18.4 Å². The molecule has 1 fully saturated rings. The number of aromatic nitrogens is 2. The fourth-order valence-electron chi connectivity index (χ4n) is 3.18. The lowest BCUT2D eigenvalue weighted by Crippen LogP contribution is -2.41. The fourth-order valence-corrected chi connectivity index (χ4v) is 3.18. The van der Waals surface area contributed by atoms with Crippen LogP contribution in [0.15, 0.2) is 47.0 Å². The summed E-state index contributed by atoms with van der Waals surface area (Å²) in [6.07, 6.45) is 0. The standard InChI is InChI=1S/C20H16F2N4O4/c1-20(12-6-7-14(21)15(22)9-12)18(27)26(19(28)24-20)10-16-23-17(25-30-16)11-4-3-5-13(8-11)29-2/h3-9H,10H2,1-2H3,(H,24,28)/t20-/m1/s1. The molecule has 0 unspecified atom stereocenters. The van der Waals surface area contributed by atoms with Crippen molar-refractivity contribution in [3.8, 4) is 17.1 Å². The predicted octanol–water partition coefficient (Wildman–Crippen LogP) is 2.99. The summed E-state index contributed by atoms with van der Waals surface area (Å²) in [6, 6.07) is 9.29. The summed E-state index contributed by atoms with van der Waals surface area (Å²) >= 11 is 0. The van der Waals surface area contributed by atoms with Crippen LogP contribution in [0.3, 0.4) is 0 Å². The van der Waals surface area contributed by atoms with Crippen LogP contribution >= 0.6 is 0 Å². The molecule has 1 aliphatic rings. The lowest BCUT2D eigenvalue weighted by atomic mass is 9.92. The van der Waals surface area contributed by atoms with Gasteiger partial charge in [0.15, 0.2) is 11.6 Å². The van der Waals surface area contributed by atoms with Crippen molar-refractivity contribution < 1.29 is 27.6 Å². The number of hydrogen-bond donors (Lipinski definition) is 1. The largest absolute Gasteiger partial charge is 0.497 e. The number of ether oxygens (including phenoxy) is 1. The minimum absolute atomic E-state index is 0.0332. The molecule has 2 heterocycles. The monoisotopic (exact) mass is 414 g/mol. The van der Waals surface area contributed by atoms with Crippen LogP contribution in [-0.2, 0) is 16.9 Å². The maximum Gasteiger partial charge on any atom is 0.325 e. The Kier molecular flexibility index (Phi) is 4.69. The van der Waals surface area contributed by atoms with Crippen LogP contribution < -0.4 is 10.1 Å². The van der Waals surface area contributed by atoms with Crippen molar-refractivity contribution in [2.75, 3.05) is 7.11 Å². The molecule has 0 spiro atoms. The number of methoxy groups -OCH3 is 1. The van der Waals surface area contributed by atoms with Gasteiger partial charge in [-0.2, -0.15) is 4.98 Å². The van der Waals surface area contributed by atoms with E-state index >= 15 is 0 Å². The van der Waals surface area contributed by atoms with Gasteiger partial charge in [-0.15, -0.1) is 0 Å². The van der Waals surface area contributed by atoms with E-state index in [2.05, 4.69) is 15.5 Å². The molecule has 1 saturated heterocycles. The highest BCUT2D eigenvalue weighted by atomic mass is 19.2. The highest BCUT2D eigenvalue weighted by Crippen LogP contribution is 2.31. The van der Waals surface area contributed by atoms with Crippen molar-refractivity contribution in [3.63, 3.8) is 0 Å². The predicted molar refractivity (Wildman–Crippen MR) is 99.1 cm³/mol. The smallest absolute Gasteiger partial charge is 0.325 e. The number of benzene rings is 2. The summed E-state index contributed by atoms with van der Waals surface area (Å²) in [4.78, 5) is 30.4. The van der Waals surface area contributed by atoms with Gasteiger partial charge in [-0.1, -0.05) is 23.4 Å². The molecular formula is C20H16F2N4O4.